The molecule has 6 heteroatoms. The van der Waals surface area contributed by atoms with Crippen LogP contribution in [0.1, 0.15) is 22.8 Å². The third-order valence-electron chi connectivity index (χ3n) is 3.75. The van der Waals surface area contributed by atoms with E-state index in [1.54, 1.807) is 24.3 Å². The molecule has 2 aromatic rings. The summed E-state index contributed by atoms with van der Waals surface area (Å²) < 4.78 is 26.8. The van der Waals surface area contributed by atoms with Crippen molar-refractivity contribution in [2.45, 2.75) is 12.5 Å². The summed E-state index contributed by atoms with van der Waals surface area (Å²) in [6, 6.07) is 9.86. The van der Waals surface area contributed by atoms with Gasteiger partial charge < -0.3 is 15.3 Å². The van der Waals surface area contributed by atoms with E-state index in [1.165, 1.54) is 13.0 Å². The fourth-order valence-electron chi connectivity index (χ4n) is 2.29. The third kappa shape index (κ3) is 4.08. The predicted octanol–water partition coefficient (Wildman–Crippen LogP) is 2.67. The summed E-state index contributed by atoms with van der Waals surface area (Å²) in [5.41, 5.74) is -0.355. The van der Waals surface area contributed by atoms with E-state index in [0.29, 0.717) is 11.6 Å². The van der Waals surface area contributed by atoms with Crippen molar-refractivity contribution in [2.24, 2.45) is 0 Å². The molecule has 128 valence electrons. The normalized spacial score (nSPS) is 13.2. The molecule has 0 aromatic heterocycles. The molecule has 0 radical (unpaired) electrons. The molecule has 0 bridgehead atoms. The number of hydrogen-bond acceptors (Lipinski definition) is 3. The molecule has 0 saturated heterocycles. The lowest BCUT2D eigenvalue weighted by atomic mass is 9.95. The van der Waals surface area contributed by atoms with Crippen LogP contribution in [-0.4, -0.2) is 31.7 Å². The van der Waals surface area contributed by atoms with E-state index in [-0.39, 0.29) is 18.0 Å². The molecule has 0 aliphatic rings. The van der Waals surface area contributed by atoms with Gasteiger partial charge in [0.15, 0.2) is 0 Å². The van der Waals surface area contributed by atoms with Gasteiger partial charge in [0.2, 0.25) is 0 Å². The van der Waals surface area contributed by atoms with E-state index in [9.17, 15) is 18.7 Å². The average Bonchev–Trinajstić information content (AvgIpc) is 2.52. The summed E-state index contributed by atoms with van der Waals surface area (Å²) in [6.45, 7) is 1.16. The van der Waals surface area contributed by atoms with Gasteiger partial charge in [0.25, 0.3) is 5.91 Å². The highest BCUT2D eigenvalue weighted by Gasteiger charge is 2.27. The number of nitrogens with one attached hydrogen (secondary N) is 1. The first-order valence-corrected chi connectivity index (χ1v) is 7.44. The molecule has 0 heterocycles. The van der Waals surface area contributed by atoms with Crippen molar-refractivity contribution in [3.8, 4) is 0 Å². The zero-order valence-corrected chi connectivity index (χ0v) is 13.8. The molecule has 2 rings (SSSR count). The quantitative estimate of drug-likeness (QED) is 0.884. The smallest absolute Gasteiger partial charge is 0.251 e. The number of carbonyl (C=O) groups is 1. The van der Waals surface area contributed by atoms with E-state index in [2.05, 4.69) is 5.32 Å². The maximum Gasteiger partial charge on any atom is 0.251 e. The lowest BCUT2D eigenvalue weighted by Crippen LogP contribution is -2.39. The first-order valence-electron chi connectivity index (χ1n) is 7.44. The van der Waals surface area contributed by atoms with Crippen molar-refractivity contribution in [2.75, 3.05) is 25.5 Å². The zero-order valence-electron chi connectivity index (χ0n) is 13.8. The zero-order chi connectivity index (χ0) is 17.9. The second kappa shape index (κ2) is 6.97. The molecule has 0 aliphatic carbocycles. The van der Waals surface area contributed by atoms with Crippen molar-refractivity contribution in [3.05, 3.63) is 65.2 Å². The van der Waals surface area contributed by atoms with E-state index < -0.39 is 17.2 Å². The van der Waals surface area contributed by atoms with Crippen LogP contribution in [0.3, 0.4) is 0 Å². The van der Waals surface area contributed by atoms with Gasteiger partial charge >= 0.3 is 0 Å². The highest BCUT2D eigenvalue weighted by Crippen LogP contribution is 2.23. The molecule has 0 aliphatic heterocycles. The highest BCUT2D eigenvalue weighted by atomic mass is 19.1. The van der Waals surface area contributed by atoms with Gasteiger partial charge in [-0.25, -0.2) is 8.78 Å². The molecule has 0 spiro atoms. The van der Waals surface area contributed by atoms with Crippen LogP contribution in [0.4, 0.5) is 14.5 Å². The molecule has 2 N–H and O–H groups in total. The van der Waals surface area contributed by atoms with Crippen LogP contribution < -0.4 is 10.2 Å². The number of amides is 1. The molecule has 0 fully saturated rings. The average molecular weight is 334 g/mol. The molecule has 0 saturated carbocycles. The minimum Gasteiger partial charge on any atom is -0.383 e. The molecular weight excluding hydrogens is 314 g/mol. The molecular formula is C18H20F2N2O2. The molecule has 2 aromatic carbocycles. The van der Waals surface area contributed by atoms with Crippen molar-refractivity contribution in [1.82, 2.24) is 5.32 Å². The molecule has 1 amide bonds. The van der Waals surface area contributed by atoms with E-state index in [4.69, 9.17) is 0 Å². The molecule has 1 unspecified atom stereocenters. The summed E-state index contributed by atoms with van der Waals surface area (Å²) in [6.07, 6.45) is 0. The predicted molar refractivity (Wildman–Crippen MR) is 89.0 cm³/mol. The van der Waals surface area contributed by atoms with Gasteiger partial charge in [0.1, 0.15) is 17.2 Å². The van der Waals surface area contributed by atoms with Crippen LogP contribution in [0.5, 0.6) is 0 Å². The lowest BCUT2D eigenvalue weighted by molar-refractivity contribution is 0.0494. The standard InChI is InChI=1S/C18H20F2N2O2/c1-18(24,15-9-6-13(19)10-16(15)20)11-21-17(23)12-4-7-14(8-5-12)22(2)3/h4-10,24H,11H2,1-3H3,(H,21,23). The van der Waals surface area contributed by atoms with Gasteiger partial charge in [-0.1, -0.05) is 6.07 Å². The van der Waals surface area contributed by atoms with Crippen LogP contribution in [0.25, 0.3) is 0 Å². The van der Waals surface area contributed by atoms with Gasteiger partial charge in [-0.2, -0.15) is 0 Å². The maximum atomic E-state index is 13.8. The van der Waals surface area contributed by atoms with Crippen molar-refractivity contribution < 1.29 is 18.7 Å². The summed E-state index contributed by atoms with van der Waals surface area (Å²) in [5, 5.41) is 13.0. The lowest BCUT2D eigenvalue weighted by Gasteiger charge is -2.24. The highest BCUT2D eigenvalue weighted by molar-refractivity contribution is 5.94. The Hall–Kier alpha value is -2.47. The van der Waals surface area contributed by atoms with E-state index >= 15 is 0 Å². The number of carbonyl (C=O) groups excluding carboxylic acids is 1. The monoisotopic (exact) mass is 334 g/mol. The van der Waals surface area contributed by atoms with Gasteiger partial charge in [0.05, 0.1) is 6.54 Å². The minimum absolute atomic E-state index is 0.0767. The van der Waals surface area contributed by atoms with Gasteiger partial charge in [-0.3, -0.25) is 4.79 Å². The minimum atomic E-state index is -1.66. The Balaban J connectivity index is 2.06. The van der Waals surface area contributed by atoms with Crippen LogP contribution in [0.15, 0.2) is 42.5 Å². The van der Waals surface area contributed by atoms with Crippen molar-refractivity contribution >= 4 is 11.6 Å². The van der Waals surface area contributed by atoms with Crippen LogP contribution in [0.2, 0.25) is 0 Å². The van der Waals surface area contributed by atoms with Crippen LogP contribution in [0, 0.1) is 11.6 Å². The molecule has 1 atom stereocenters. The van der Waals surface area contributed by atoms with E-state index in [1.807, 2.05) is 19.0 Å². The Labute approximate surface area is 139 Å². The number of benzene rings is 2. The number of rotatable bonds is 5. The maximum absolute atomic E-state index is 13.8. The molecule has 4 nitrogen and oxygen atoms in total. The second-order valence-corrected chi connectivity index (χ2v) is 6.02. The van der Waals surface area contributed by atoms with E-state index in [0.717, 1.165) is 11.8 Å². The number of anilines is 1. The Morgan fingerprint density at radius 2 is 1.79 bits per heavy atom. The first kappa shape index (κ1) is 17.9. The molecule has 24 heavy (non-hydrogen) atoms. The second-order valence-electron chi connectivity index (χ2n) is 6.02. The third-order valence-corrected chi connectivity index (χ3v) is 3.75. The van der Waals surface area contributed by atoms with Crippen molar-refractivity contribution in [3.63, 3.8) is 0 Å². The fourth-order valence-corrected chi connectivity index (χ4v) is 2.29. The Morgan fingerprint density at radius 3 is 2.33 bits per heavy atom. The topological polar surface area (TPSA) is 52.6 Å². The van der Waals surface area contributed by atoms with Crippen LogP contribution in [-0.2, 0) is 5.60 Å². The number of hydrogen-bond donors (Lipinski definition) is 2. The summed E-state index contributed by atoms with van der Waals surface area (Å²) in [4.78, 5) is 14.1. The van der Waals surface area contributed by atoms with Gasteiger partial charge in [0, 0.05) is 37.0 Å². The van der Waals surface area contributed by atoms with Crippen LogP contribution >= 0.6 is 0 Å². The SMILES string of the molecule is CN(C)c1ccc(C(=O)NCC(C)(O)c2ccc(F)cc2F)cc1. The number of halogens is 2. The number of aliphatic hydroxyl groups is 1. The van der Waals surface area contributed by atoms with Gasteiger partial charge in [-0.05, 0) is 37.3 Å². The summed E-state index contributed by atoms with van der Waals surface area (Å²) >= 11 is 0. The van der Waals surface area contributed by atoms with Crippen molar-refractivity contribution in [1.29, 1.82) is 0 Å². The Morgan fingerprint density at radius 1 is 1.17 bits per heavy atom. The Kier molecular flexibility index (Phi) is 5.19. The fraction of sp³-hybridized carbons (Fsp3) is 0.278. The Bertz CT molecular complexity index is 728. The largest absolute Gasteiger partial charge is 0.383 e. The summed E-state index contributed by atoms with van der Waals surface area (Å²) in [5.74, 6) is -1.97. The summed E-state index contributed by atoms with van der Waals surface area (Å²) in [7, 11) is 3.78. The number of nitrogens with zero attached hydrogens (tertiary/aromatic N) is 1. The first-order chi connectivity index (χ1) is 11.2. The van der Waals surface area contributed by atoms with Gasteiger partial charge in [-0.15, -0.1) is 0 Å².